The minimum Gasteiger partial charge on any atom is -0.445 e. The molecule has 2 aliphatic rings. The summed E-state index contributed by atoms with van der Waals surface area (Å²) in [7, 11) is 0. The highest BCUT2D eigenvalue weighted by atomic mass is 16.6. The molecule has 7 heteroatoms. The van der Waals surface area contributed by atoms with Gasteiger partial charge in [0.1, 0.15) is 12.6 Å². The first kappa shape index (κ1) is 17.3. The molecule has 0 aromatic heterocycles. The van der Waals surface area contributed by atoms with Gasteiger partial charge in [-0.05, 0) is 24.8 Å². The Morgan fingerprint density at radius 3 is 2.52 bits per heavy atom. The molecule has 1 unspecified atom stereocenters. The molecule has 2 aliphatic heterocycles. The molecule has 0 saturated carbocycles. The Hall–Kier alpha value is -2.57. The molecule has 0 bridgehead atoms. The number of hydrogen-bond acceptors (Lipinski definition) is 4. The van der Waals surface area contributed by atoms with E-state index in [1.807, 2.05) is 30.3 Å². The van der Waals surface area contributed by atoms with E-state index in [4.69, 9.17) is 4.74 Å². The lowest BCUT2D eigenvalue weighted by Gasteiger charge is -2.32. The van der Waals surface area contributed by atoms with Crippen LogP contribution >= 0.6 is 0 Å². The van der Waals surface area contributed by atoms with E-state index in [-0.39, 0.29) is 30.6 Å². The molecule has 1 atom stereocenters. The molecule has 2 heterocycles. The molecule has 3 rings (SSSR count). The molecule has 1 aromatic rings. The Balaban J connectivity index is 1.38. The van der Waals surface area contributed by atoms with E-state index in [1.165, 1.54) is 0 Å². The summed E-state index contributed by atoms with van der Waals surface area (Å²) in [6.07, 6.45) is 2.01. The highest BCUT2D eigenvalue weighted by Crippen LogP contribution is 2.14. The van der Waals surface area contributed by atoms with Crippen LogP contribution in [0.15, 0.2) is 30.3 Å². The molecule has 1 aromatic carbocycles. The standard InChI is InChI=1S/C18H23N3O4/c22-16-7-6-15(20-16)17(23)19-14-8-10-21(11-9-14)18(24)25-12-13-4-2-1-3-5-13/h1-5,14-15H,6-12H2,(H,19,23)(H,20,22). The number of piperidine rings is 1. The number of carbonyl (C=O) groups excluding carboxylic acids is 3. The van der Waals surface area contributed by atoms with Gasteiger partial charge in [-0.3, -0.25) is 9.59 Å². The predicted molar refractivity (Wildman–Crippen MR) is 90.5 cm³/mol. The van der Waals surface area contributed by atoms with Gasteiger partial charge in [-0.25, -0.2) is 4.79 Å². The van der Waals surface area contributed by atoms with Crippen LogP contribution in [0.4, 0.5) is 4.79 Å². The largest absolute Gasteiger partial charge is 0.445 e. The summed E-state index contributed by atoms with van der Waals surface area (Å²) in [6.45, 7) is 1.36. The second-order valence-corrected chi connectivity index (χ2v) is 6.47. The van der Waals surface area contributed by atoms with Crippen molar-refractivity contribution in [2.75, 3.05) is 13.1 Å². The van der Waals surface area contributed by atoms with Crippen molar-refractivity contribution in [2.24, 2.45) is 0 Å². The minimum atomic E-state index is -0.415. The van der Waals surface area contributed by atoms with Crippen LogP contribution in [-0.4, -0.2) is 48.0 Å². The lowest BCUT2D eigenvalue weighted by atomic mass is 10.0. The Morgan fingerprint density at radius 1 is 1.16 bits per heavy atom. The number of likely N-dealkylation sites (tertiary alicyclic amines) is 1. The number of amides is 3. The average molecular weight is 345 g/mol. The zero-order valence-corrected chi connectivity index (χ0v) is 14.1. The number of hydrogen-bond donors (Lipinski definition) is 2. The monoisotopic (exact) mass is 345 g/mol. The van der Waals surface area contributed by atoms with E-state index in [0.717, 1.165) is 5.56 Å². The van der Waals surface area contributed by atoms with Gasteiger partial charge in [-0.1, -0.05) is 30.3 Å². The molecule has 0 aliphatic carbocycles. The third-order valence-electron chi connectivity index (χ3n) is 4.62. The first-order chi connectivity index (χ1) is 12.1. The van der Waals surface area contributed by atoms with E-state index in [9.17, 15) is 14.4 Å². The average Bonchev–Trinajstić information content (AvgIpc) is 3.08. The predicted octanol–water partition coefficient (Wildman–Crippen LogP) is 1.18. The van der Waals surface area contributed by atoms with E-state index < -0.39 is 6.04 Å². The molecule has 0 radical (unpaired) electrons. The summed E-state index contributed by atoms with van der Waals surface area (Å²) in [5.74, 6) is -0.202. The molecule has 3 amide bonds. The maximum absolute atomic E-state index is 12.1. The van der Waals surface area contributed by atoms with Crippen molar-refractivity contribution in [1.82, 2.24) is 15.5 Å². The number of ether oxygens (including phenoxy) is 1. The fourth-order valence-electron chi connectivity index (χ4n) is 3.13. The fraction of sp³-hybridized carbons (Fsp3) is 0.500. The van der Waals surface area contributed by atoms with Gasteiger partial charge in [-0.15, -0.1) is 0 Å². The molecule has 2 N–H and O–H groups in total. The SMILES string of the molecule is O=C1CCC(C(=O)NC2CCN(C(=O)OCc3ccccc3)CC2)N1. The number of rotatable bonds is 4. The van der Waals surface area contributed by atoms with Gasteiger partial charge in [-0.2, -0.15) is 0 Å². The molecule has 0 spiro atoms. The fourth-order valence-corrected chi connectivity index (χ4v) is 3.13. The number of carbonyl (C=O) groups is 3. The lowest BCUT2D eigenvalue weighted by molar-refractivity contribution is -0.126. The Morgan fingerprint density at radius 2 is 1.88 bits per heavy atom. The molecule has 7 nitrogen and oxygen atoms in total. The first-order valence-electron chi connectivity index (χ1n) is 8.67. The van der Waals surface area contributed by atoms with Crippen molar-refractivity contribution in [1.29, 1.82) is 0 Å². The number of benzene rings is 1. The molecule has 2 fully saturated rings. The summed E-state index contributed by atoms with van der Waals surface area (Å²) in [5, 5.41) is 5.63. The van der Waals surface area contributed by atoms with Gasteiger partial charge in [0.05, 0.1) is 0 Å². The lowest BCUT2D eigenvalue weighted by Crippen LogP contribution is -2.50. The summed E-state index contributed by atoms with van der Waals surface area (Å²) < 4.78 is 5.33. The zero-order chi connectivity index (χ0) is 17.6. The molecule has 134 valence electrons. The van der Waals surface area contributed by atoms with Crippen molar-refractivity contribution in [3.63, 3.8) is 0 Å². The summed E-state index contributed by atoms with van der Waals surface area (Å²) >= 11 is 0. The van der Waals surface area contributed by atoms with Gasteiger partial charge in [0.15, 0.2) is 0 Å². The van der Waals surface area contributed by atoms with E-state index in [0.29, 0.717) is 38.8 Å². The minimum absolute atomic E-state index is 0.0307. The van der Waals surface area contributed by atoms with Crippen molar-refractivity contribution >= 4 is 17.9 Å². The van der Waals surface area contributed by atoms with Crippen molar-refractivity contribution in [3.05, 3.63) is 35.9 Å². The zero-order valence-electron chi connectivity index (χ0n) is 14.1. The highest BCUT2D eigenvalue weighted by Gasteiger charge is 2.30. The van der Waals surface area contributed by atoms with Crippen LogP contribution < -0.4 is 10.6 Å². The van der Waals surface area contributed by atoms with E-state index in [1.54, 1.807) is 4.90 Å². The molecular formula is C18H23N3O4. The Labute approximate surface area is 146 Å². The van der Waals surface area contributed by atoms with E-state index in [2.05, 4.69) is 10.6 Å². The van der Waals surface area contributed by atoms with Crippen LogP contribution in [0.5, 0.6) is 0 Å². The number of nitrogens with one attached hydrogen (secondary N) is 2. The maximum atomic E-state index is 12.1. The second kappa shape index (κ2) is 8.00. The molecule has 25 heavy (non-hydrogen) atoms. The topological polar surface area (TPSA) is 87.7 Å². The maximum Gasteiger partial charge on any atom is 0.410 e. The highest BCUT2D eigenvalue weighted by molar-refractivity contribution is 5.90. The molecule has 2 saturated heterocycles. The van der Waals surface area contributed by atoms with Crippen LogP contribution in [0.2, 0.25) is 0 Å². The van der Waals surface area contributed by atoms with E-state index >= 15 is 0 Å². The number of nitrogens with zero attached hydrogens (tertiary/aromatic N) is 1. The van der Waals surface area contributed by atoms with Crippen LogP contribution in [0, 0.1) is 0 Å². The second-order valence-electron chi connectivity index (χ2n) is 6.47. The Kier molecular flexibility index (Phi) is 5.53. The van der Waals surface area contributed by atoms with Crippen LogP contribution in [-0.2, 0) is 20.9 Å². The van der Waals surface area contributed by atoms with Crippen molar-refractivity contribution < 1.29 is 19.1 Å². The Bertz CT molecular complexity index is 626. The normalized spacial score (nSPS) is 20.9. The molecular weight excluding hydrogens is 322 g/mol. The van der Waals surface area contributed by atoms with Crippen molar-refractivity contribution in [3.8, 4) is 0 Å². The summed E-state index contributed by atoms with van der Waals surface area (Å²) in [6, 6.07) is 9.17. The van der Waals surface area contributed by atoms with Crippen LogP contribution in [0.3, 0.4) is 0 Å². The van der Waals surface area contributed by atoms with Crippen molar-refractivity contribution in [2.45, 2.75) is 44.4 Å². The van der Waals surface area contributed by atoms with Crippen LogP contribution in [0.25, 0.3) is 0 Å². The van der Waals surface area contributed by atoms with Gasteiger partial charge < -0.3 is 20.3 Å². The third-order valence-corrected chi connectivity index (χ3v) is 4.62. The quantitative estimate of drug-likeness (QED) is 0.858. The first-order valence-corrected chi connectivity index (χ1v) is 8.67. The summed E-state index contributed by atoms with van der Waals surface area (Å²) in [4.78, 5) is 37.1. The van der Waals surface area contributed by atoms with Gasteiger partial charge >= 0.3 is 6.09 Å². The van der Waals surface area contributed by atoms with Gasteiger partial charge in [0, 0.05) is 25.6 Å². The van der Waals surface area contributed by atoms with Crippen LogP contribution in [0.1, 0.15) is 31.2 Å². The summed E-state index contributed by atoms with van der Waals surface area (Å²) in [5.41, 5.74) is 0.955. The van der Waals surface area contributed by atoms with Gasteiger partial charge in [0.25, 0.3) is 0 Å². The van der Waals surface area contributed by atoms with Gasteiger partial charge in [0.2, 0.25) is 11.8 Å². The smallest absolute Gasteiger partial charge is 0.410 e. The third kappa shape index (κ3) is 4.71.